The van der Waals surface area contributed by atoms with Gasteiger partial charge in [0.25, 0.3) is 5.91 Å². The summed E-state index contributed by atoms with van der Waals surface area (Å²) in [6.45, 7) is 9.26. The molecule has 190 valence electrons. The van der Waals surface area contributed by atoms with Crippen molar-refractivity contribution in [3.05, 3.63) is 70.2 Å². The third kappa shape index (κ3) is 5.96. The largest absolute Gasteiger partial charge is 0.497 e. The van der Waals surface area contributed by atoms with E-state index < -0.39 is 0 Å². The van der Waals surface area contributed by atoms with E-state index in [1.165, 1.54) is 22.6 Å². The molecule has 1 aromatic heterocycles. The van der Waals surface area contributed by atoms with Gasteiger partial charge in [-0.25, -0.2) is 9.78 Å². The van der Waals surface area contributed by atoms with Crippen molar-refractivity contribution in [2.75, 3.05) is 43.5 Å². The third-order valence-electron chi connectivity index (χ3n) is 6.32. The summed E-state index contributed by atoms with van der Waals surface area (Å²) in [5.41, 5.74) is 3.60. The fraction of sp³-hybridized carbons (Fsp3) is 0.370. The normalized spacial score (nSPS) is 13.6. The lowest BCUT2D eigenvalue weighted by Gasteiger charge is -2.36. The molecule has 0 spiro atoms. The predicted molar refractivity (Wildman–Crippen MR) is 144 cm³/mol. The number of hydrogen-bond donors (Lipinski definition) is 1. The topological polar surface area (TPSA) is 78.0 Å². The van der Waals surface area contributed by atoms with Crippen molar-refractivity contribution >= 4 is 34.6 Å². The van der Waals surface area contributed by atoms with Gasteiger partial charge < -0.3 is 24.8 Å². The second-order valence-corrected chi connectivity index (χ2v) is 10.0. The molecule has 36 heavy (non-hydrogen) atoms. The number of piperazine rings is 1. The van der Waals surface area contributed by atoms with Crippen LogP contribution in [-0.2, 0) is 6.54 Å². The Morgan fingerprint density at radius 3 is 2.42 bits per heavy atom. The van der Waals surface area contributed by atoms with Crippen molar-refractivity contribution in [2.45, 2.75) is 33.4 Å². The van der Waals surface area contributed by atoms with Crippen molar-refractivity contribution in [3.63, 3.8) is 0 Å². The summed E-state index contributed by atoms with van der Waals surface area (Å²) in [5, 5.41) is 5.45. The van der Waals surface area contributed by atoms with E-state index in [-0.39, 0.29) is 18.0 Å². The molecule has 3 amide bonds. The number of rotatable bonds is 7. The van der Waals surface area contributed by atoms with Crippen LogP contribution in [0.5, 0.6) is 5.75 Å². The number of urea groups is 1. The molecule has 9 heteroatoms. The highest BCUT2D eigenvalue weighted by Gasteiger charge is 2.25. The van der Waals surface area contributed by atoms with Crippen LogP contribution in [0.4, 0.5) is 16.2 Å². The zero-order valence-electron chi connectivity index (χ0n) is 21.2. The van der Waals surface area contributed by atoms with Gasteiger partial charge >= 0.3 is 6.03 Å². The van der Waals surface area contributed by atoms with Crippen LogP contribution in [0.15, 0.2) is 53.9 Å². The molecular weight excluding hydrogens is 474 g/mol. The number of carbonyl (C=O) groups is 2. The zero-order valence-corrected chi connectivity index (χ0v) is 22.0. The summed E-state index contributed by atoms with van der Waals surface area (Å²) < 4.78 is 5.17. The number of carbonyl (C=O) groups excluding carboxylic acids is 2. The smallest absolute Gasteiger partial charge is 0.322 e. The lowest BCUT2D eigenvalue weighted by atomic mass is 10.1. The van der Waals surface area contributed by atoms with Crippen LogP contribution in [0.2, 0.25) is 0 Å². The van der Waals surface area contributed by atoms with Gasteiger partial charge in [-0.1, -0.05) is 18.2 Å². The highest BCUT2D eigenvalue weighted by Crippen LogP contribution is 2.22. The van der Waals surface area contributed by atoms with Crippen molar-refractivity contribution < 1.29 is 14.3 Å². The van der Waals surface area contributed by atoms with Crippen LogP contribution in [0.3, 0.4) is 0 Å². The molecule has 0 saturated carbocycles. The SMILES string of the molecule is COc1ccc(NC(=O)N(Cc2nc(C(=O)N3CCN(c4ccccc4C)CC3)cs2)C(C)C)cc1. The summed E-state index contributed by atoms with van der Waals surface area (Å²) in [6, 6.07) is 15.3. The number of thiazole rings is 1. The minimum Gasteiger partial charge on any atom is -0.497 e. The molecular formula is C27H33N5O3S. The summed E-state index contributed by atoms with van der Waals surface area (Å²) in [7, 11) is 1.60. The minimum atomic E-state index is -0.217. The van der Waals surface area contributed by atoms with E-state index >= 15 is 0 Å². The van der Waals surface area contributed by atoms with Crippen molar-refractivity contribution in [1.82, 2.24) is 14.8 Å². The maximum absolute atomic E-state index is 13.1. The van der Waals surface area contributed by atoms with Gasteiger partial charge in [-0.05, 0) is 56.7 Å². The van der Waals surface area contributed by atoms with Gasteiger partial charge in [0.1, 0.15) is 16.5 Å². The Bertz CT molecular complexity index is 1190. The Hall–Kier alpha value is -3.59. The number of aromatic nitrogens is 1. The van der Waals surface area contributed by atoms with Crippen LogP contribution < -0.4 is 15.0 Å². The highest BCUT2D eigenvalue weighted by atomic mass is 32.1. The molecule has 0 aliphatic carbocycles. The Labute approximate surface area is 216 Å². The Kier molecular flexibility index (Phi) is 8.10. The predicted octanol–water partition coefficient (Wildman–Crippen LogP) is 4.87. The third-order valence-corrected chi connectivity index (χ3v) is 7.16. The summed E-state index contributed by atoms with van der Waals surface area (Å²) >= 11 is 1.41. The first-order chi connectivity index (χ1) is 17.4. The van der Waals surface area contributed by atoms with E-state index in [0.717, 1.165) is 23.8 Å². The number of nitrogens with zero attached hydrogens (tertiary/aromatic N) is 4. The van der Waals surface area contributed by atoms with Crippen LogP contribution in [0.1, 0.15) is 34.9 Å². The molecule has 3 aromatic rings. The fourth-order valence-electron chi connectivity index (χ4n) is 4.22. The number of anilines is 2. The standard InChI is InChI=1S/C27H33N5O3S/c1-19(2)32(27(34)28-21-9-11-22(35-4)12-10-21)17-25-29-23(18-36-25)26(33)31-15-13-30(14-16-31)24-8-6-5-7-20(24)3/h5-12,18-19H,13-17H2,1-4H3,(H,28,34). The second kappa shape index (κ2) is 11.4. The number of hydrogen-bond acceptors (Lipinski definition) is 6. The second-order valence-electron chi connectivity index (χ2n) is 9.07. The van der Waals surface area contributed by atoms with Crippen LogP contribution >= 0.6 is 11.3 Å². The van der Waals surface area contributed by atoms with Crippen LogP contribution in [0.25, 0.3) is 0 Å². The molecule has 4 rings (SSSR count). The minimum absolute atomic E-state index is 0.0409. The van der Waals surface area contributed by atoms with E-state index in [0.29, 0.717) is 31.0 Å². The zero-order chi connectivity index (χ0) is 25.7. The van der Waals surface area contributed by atoms with E-state index in [1.807, 2.05) is 30.9 Å². The van der Waals surface area contributed by atoms with E-state index in [1.54, 1.807) is 41.7 Å². The molecule has 8 nitrogen and oxygen atoms in total. The Balaban J connectivity index is 1.35. The van der Waals surface area contributed by atoms with Crippen molar-refractivity contribution in [2.24, 2.45) is 0 Å². The summed E-state index contributed by atoms with van der Waals surface area (Å²) in [5.74, 6) is 0.672. The van der Waals surface area contributed by atoms with Crippen molar-refractivity contribution in [1.29, 1.82) is 0 Å². The molecule has 1 N–H and O–H groups in total. The molecule has 0 radical (unpaired) electrons. The number of amides is 3. The van der Waals surface area contributed by atoms with Crippen molar-refractivity contribution in [3.8, 4) is 5.75 Å². The van der Waals surface area contributed by atoms with E-state index in [4.69, 9.17) is 4.74 Å². The van der Waals surface area contributed by atoms with Gasteiger partial charge in [-0.2, -0.15) is 0 Å². The summed E-state index contributed by atoms with van der Waals surface area (Å²) in [6.07, 6.45) is 0. The van der Waals surface area contributed by atoms with Gasteiger partial charge in [0.2, 0.25) is 0 Å². The van der Waals surface area contributed by atoms with Crippen LogP contribution in [-0.4, -0.2) is 66.1 Å². The molecule has 2 aromatic carbocycles. The number of aryl methyl sites for hydroxylation is 1. The molecule has 1 fully saturated rings. The van der Waals surface area contributed by atoms with Gasteiger partial charge in [-0.15, -0.1) is 11.3 Å². The molecule has 1 aliphatic rings. The molecule has 0 unspecified atom stereocenters. The van der Waals surface area contributed by atoms with Crippen LogP contribution in [0, 0.1) is 6.92 Å². The first kappa shape index (κ1) is 25.5. The fourth-order valence-corrected chi connectivity index (χ4v) is 4.98. The van der Waals surface area contributed by atoms with E-state index in [9.17, 15) is 9.59 Å². The molecule has 0 atom stereocenters. The maximum atomic E-state index is 13.1. The first-order valence-electron chi connectivity index (χ1n) is 12.1. The maximum Gasteiger partial charge on any atom is 0.322 e. The highest BCUT2D eigenvalue weighted by molar-refractivity contribution is 7.09. The molecule has 1 saturated heterocycles. The molecule has 0 bridgehead atoms. The lowest BCUT2D eigenvalue weighted by molar-refractivity contribution is 0.0741. The Morgan fingerprint density at radius 2 is 1.78 bits per heavy atom. The quantitative estimate of drug-likeness (QED) is 0.494. The number of ether oxygens (including phenoxy) is 1. The van der Waals surface area contributed by atoms with Gasteiger partial charge in [-0.3, -0.25) is 4.79 Å². The molecule has 2 heterocycles. The Morgan fingerprint density at radius 1 is 1.08 bits per heavy atom. The number of para-hydroxylation sites is 1. The average Bonchev–Trinajstić information content (AvgIpc) is 3.36. The van der Waals surface area contributed by atoms with Gasteiger partial charge in [0, 0.05) is 49.0 Å². The number of benzene rings is 2. The first-order valence-corrected chi connectivity index (χ1v) is 13.0. The summed E-state index contributed by atoms with van der Waals surface area (Å²) in [4.78, 5) is 36.6. The molecule has 1 aliphatic heterocycles. The van der Waals surface area contributed by atoms with Gasteiger partial charge in [0.05, 0.1) is 13.7 Å². The lowest BCUT2D eigenvalue weighted by Crippen LogP contribution is -2.49. The monoisotopic (exact) mass is 507 g/mol. The van der Waals surface area contributed by atoms with Gasteiger partial charge in [0.15, 0.2) is 0 Å². The average molecular weight is 508 g/mol. The number of methoxy groups -OCH3 is 1. The number of nitrogens with one attached hydrogen (secondary N) is 1. The van der Waals surface area contributed by atoms with E-state index in [2.05, 4.69) is 34.3 Å².